The Morgan fingerprint density at radius 3 is 1.46 bits per heavy atom. The molecule has 0 saturated carbocycles. The van der Waals surface area contributed by atoms with Crippen molar-refractivity contribution in [3.8, 4) is 0 Å². The van der Waals surface area contributed by atoms with Crippen molar-refractivity contribution in [2.45, 2.75) is 274 Å². The molecule has 0 aromatic rings. The van der Waals surface area contributed by atoms with E-state index in [1.54, 1.807) is 0 Å². The van der Waals surface area contributed by atoms with Crippen LogP contribution in [0.15, 0.2) is 12.2 Å². The third-order valence-corrected chi connectivity index (χ3v) is 12.1. The van der Waals surface area contributed by atoms with E-state index in [1.807, 2.05) is 0 Å². The van der Waals surface area contributed by atoms with E-state index in [-0.39, 0.29) is 12.8 Å². The molecule has 1 aliphatic rings. The first kappa shape index (κ1) is 55.9. The van der Waals surface area contributed by atoms with Gasteiger partial charge in [-0.1, -0.05) is 193 Å². The van der Waals surface area contributed by atoms with Crippen molar-refractivity contribution in [3.05, 3.63) is 12.2 Å². The van der Waals surface area contributed by atoms with Crippen molar-refractivity contribution < 1.29 is 50.0 Å². The van der Waals surface area contributed by atoms with Gasteiger partial charge in [-0.05, 0) is 38.5 Å². The van der Waals surface area contributed by atoms with Gasteiger partial charge in [-0.15, -0.1) is 0 Å². The maximum absolute atomic E-state index is 13.1. The number of aliphatic hydroxyl groups is 7. The average Bonchev–Trinajstić information content (AvgIpc) is 3.23. The van der Waals surface area contributed by atoms with Gasteiger partial charge in [0.1, 0.15) is 36.6 Å². The fourth-order valence-corrected chi connectivity index (χ4v) is 7.97. The number of amides is 1. The van der Waals surface area contributed by atoms with Gasteiger partial charge in [0.25, 0.3) is 0 Å². The number of unbranched alkanes of at least 4 members (excludes halogenated alkanes) is 27. The number of hydrogen-bond donors (Lipinski definition) is 8. The Bertz CT molecular complexity index is 970. The Morgan fingerprint density at radius 2 is 1.00 bits per heavy atom. The molecule has 0 radical (unpaired) electrons. The predicted molar refractivity (Wildman–Crippen MR) is 238 cm³/mol. The van der Waals surface area contributed by atoms with Crippen molar-refractivity contribution in [2.75, 3.05) is 13.2 Å². The summed E-state index contributed by atoms with van der Waals surface area (Å²) >= 11 is 0. The van der Waals surface area contributed by atoms with E-state index >= 15 is 0 Å². The number of carbonyl (C=O) groups is 1. The van der Waals surface area contributed by atoms with Gasteiger partial charge in [0.15, 0.2) is 6.29 Å². The van der Waals surface area contributed by atoms with E-state index in [0.717, 1.165) is 38.5 Å². The first-order chi connectivity index (χ1) is 28.7. The second-order valence-corrected chi connectivity index (χ2v) is 17.5. The molecule has 1 aliphatic heterocycles. The Labute approximate surface area is 360 Å². The minimum Gasteiger partial charge on any atom is -0.394 e. The van der Waals surface area contributed by atoms with Crippen molar-refractivity contribution >= 4 is 5.91 Å². The standard InChI is InChI=1S/C48H93NO10/c1-3-5-7-9-11-13-15-17-18-19-20-21-22-24-26-28-30-32-34-36-41(52)47(57)49-39(38-58-48-46(56)45(55)44(54)42(37-50)59-48)43(53)40(51)35-33-31-29-27-25-23-16-14-12-10-8-6-4-2/h27,29,39-46,48,50-56H,3-26,28,30-38H2,1-2H3,(H,49,57)/b29-27+/t39-,40+,41+,42+,43-,44-,45-,46+,48+/m0/s1. The molecule has 0 bridgehead atoms. The highest BCUT2D eigenvalue weighted by Gasteiger charge is 2.44. The lowest BCUT2D eigenvalue weighted by atomic mass is 9.98. The Balaban J connectivity index is 2.41. The van der Waals surface area contributed by atoms with Gasteiger partial charge < -0.3 is 50.5 Å². The van der Waals surface area contributed by atoms with E-state index in [0.29, 0.717) is 12.8 Å². The minimum absolute atomic E-state index is 0.259. The molecule has 1 saturated heterocycles. The van der Waals surface area contributed by atoms with Crippen molar-refractivity contribution in [3.63, 3.8) is 0 Å². The summed E-state index contributed by atoms with van der Waals surface area (Å²) in [6.45, 7) is 3.43. The Kier molecular flexibility index (Phi) is 36.5. The topological polar surface area (TPSA) is 189 Å². The molecule has 0 aromatic heterocycles. The van der Waals surface area contributed by atoms with Crippen LogP contribution >= 0.6 is 0 Å². The molecule has 11 heteroatoms. The lowest BCUT2D eigenvalue weighted by Gasteiger charge is -2.40. The molecule has 0 aliphatic carbocycles. The second-order valence-electron chi connectivity index (χ2n) is 17.5. The molecule has 0 aromatic carbocycles. The van der Waals surface area contributed by atoms with E-state index in [1.165, 1.54) is 141 Å². The molecular formula is C48H93NO10. The summed E-state index contributed by atoms with van der Waals surface area (Å²) in [5.41, 5.74) is 0. The lowest BCUT2D eigenvalue weighted by molar-refractivity contribution is -0.303. The van der Waals surface area contributed by atoms with Crippen LogP contribution in [0.1, 0.15) is 219 Å². The van der Waals surface area contributed by atoms with Gasteiger partial charge in [0, 0.05) is 0 Å². The Morgan fingerprint density at radius 1 is 0.576 bits per heavy atom. The zero-order valence-corrected chi connectivity index (χ0v) is 37.7. The van der Waals surface area contributed by atoms with Gasteiger partial charge in [0.05, 0.1) is 25.4 Å². The van der Waals surface area contributed by atoms with E-state index in [2.05, 4.69) is 31.3 Å². The third-order valence-electron chi connectivity index (χ3n) is 12.1. The number of carbonyl (C=O) groups excluding carboxylic acids is 1. The largest absolute Gasteiger partial charge is 0.394 e. The molecule has 9 atom stereocenters. The van der Waals surface area contributed by atoms with Crippen LogP contribution in [-0.2, 0) is 14.3 Å². The van der Waals surface area contributed by atoms with E-state index in [9.17, 15) is 40.5 Å². The minimum atomic E-state index is -1.66. The summed E-state index contributed by atoms with van der Waals surface area (Å²) < 4.78 is 11.1. The highest BCUT2D eigenvalue weighted by atomic mass is 16.7. The van der Waals surface area contributed by atoms with Crippen LogP contribution in [0.5, 0.6) is 0 Å². The third kappa shape index (κ3) is 28.2. The van der Waals surface area contributed by atoms with E-state index < -0.39 is 74.2 Å². The second kappa shape index (κ2) is 38.5. The van der Waals surface area contributed by atoms with Gasteiger partial charge in [-0.3, -0.25) is 4.79 Å². The number of rotatable bonds is 41. The molecule has 11 nitrogen and oxygen atoms in total. The zero-order chi connectivity index (χ0) is 43.4. The summed E-state index contributed by atoms with van der Waals surface area (Å²) in [5, 5.41) is 75.7. The van der Waals surface area contributed by atoms with Crippen molar-refractivity contribution in [1.29, 1.82) is 0 Å². The molecule has 350 valence electrons. The normalized spacial score (nSPS) is 21.8. The van der Waals surface area contributed by atoms with Crippen LogP contribution in [-0.4, -0.2) is 110 Å². The first-order valence-electron chi connectivity index (χ1n) is 24.6. The number of hydrogen-bond acceptors (Lipinski definition) is 10. The van der Waals surface area contributed by atoms with Gasteiger partial charge >= 0.3 is 0 Å². The number of aliphatic hydroxyl groups excluding tert-OH is 7. The SMILES string of the molecule is CCCCCCCCCC/C=C/CCC[C@@H](O)[C@@H](O)[C@H](CO[C@@H]1O[C@H](CO)[C@H](O)[C@H](O)[C@H]1O)NC(=O)[C@H](O)CCCCCCCCCCCCCCCCCCCCC. The Hall–Kier alpha value is -1.15. The summed E-state index contributed by atoms with van der Waals surface area (Å²) in [6.07, 6.45) is 29.8. The molecule has 0 spiro atoms. The molecule has 1 rings (SSSR count). The van der Waals surface area contributed by atoms with Crippen LogP contribution in [0.25, 0.3) is 0 Å². The maximum Gasteiger partial charge on any atom is 0.249 e. The molecule has 8 N–H and O–H groups in total. The van der Waals surface area contributed by atoms with Crippen LogP contribution in [0, 0.1) is 0 Å². The van der Waals surface area contributed by atoms with Gasteiger partial charge in [0.2, 0.25) is 5.91 Å². The van der Waals surface area contributed by atoms with Crippen LogP contribution in [0.2, 0.25) is 0 Å². The maximum atomic E-state index is 13.1. The molecule has 1 amide bonds. The fraction of sp³-hybridized carbons (Fsp3) is 0.938. The molecule has 1 fully saturated rings. The number of ether oxygens (including phenoxy) is 2. The highest BCUT2D eigenvalue weighted by Crippen LogP contribution is 2.23. The summed E-state index contributed by atoms with van der Waals surface area (Å²) in [4.78, 5) is 13.1. The quantitative estimate of drug-likeness (QED) is 0.0219. The monoisotopic (exact) mass is 844 g/mol. The molecule has 0 unspecified atom stereocenters. The molecular weight excluding hydrogens is 751 g/mol. The van der Waals surface area contributed by atoms with Crippen molar-refractivity contribution in [2.24, 2.45) is 0 Å². The molecule has 59 heavy (non-hydrogen) atoms. The summed E-state index contributed by atoms with van der Waals surface area (Å²) in [5.74, 6) is -0.704. The average molecular weight is 844 g/mol. The zero-order valence-electron chi connectivity index (χ0n) is 37.7. The van der Waals surface area contributed by atoms with E-state index in [4.69, 9.17) is 9.47 Å². The highest BCUT2D eigenvalue weighted by molar-refractivity contribution is 5.80. The summed E-state index contributed by atoms with van der Waals surface area (Å²) in [6, 6.07) is -1.18. The first-order valence-corrected chi connectivity index (χ1v) is 24.6. The summed E-state index contributed by atoms with van der Waals surface area (Å²) in [7, 11) is 0. The lowest BCUT2D eigenvalue weighted by Crippen LogP contribution is -2.60. The van der Waals surface area contributed by atoms with Crippen molar-refractivity contribution in [1.82, 2.24) is 5.32 Å². The van der Waals surface area contributed by atoms with Crippen LogP contribution in [0.4, 0.5) is 0 Å². The van der Waals surface area contributed by atoms with Crippen LogP contribution in [0.3, 0.4) is 0 Å². The fourth-order valence-electron chi connectivity index (χ4n) is 7.97. The smallest absolute Gasteiger partial charge is 0.249 e. The van der Waals surface area contributed by atoms with Gasteiger partial charge in [-0.25, -0.2) is 0 Å². The number of allylic oxidation sites excluding steroid dienone is 2. The predicted octanol–water partition coefficient (Wildman–Crippen LogP) is 8.45. The van der Waals surface area contributed by atoms with Crippen LogP contribution < -0.4 is 5.32 Å². The number of nitrogens with one attached hydrogen (secondary N) is 1. The molecule has 1 heterocycles. The van der Waals surface area contributed by atoms with Gasteiger partial charge in [-0.2, -0.15) is 0 Å².